The standard InChI is InChI=1S/C32H39N5/c1-23-34-31-18-33-15-14-32(31)37(23)29-16-27-12-13-28(17-29)36(27)21-26-20-35(19-24-8-4-2-5-9-24)22-30(26)25-10-6-3-7-11-25/h2-12,26,28-30,33H,13-22H2,1H3/t26-,28-,29?,30-/m1/s1. The van der Waals surface area contributed by atoms with Crippen molar-refractivity contribution in [3.8, 4) is 0 Å². The molecule has 0 amide bonds. The minimum atomic E-state index is 0.562. The Hall–Kier alpha value is -2.89. The van der Waals surface area contributed by atoms with E-state index in [0.29, 0.717) is 23.9 Å². The molecule has 5 nitrogen and oxygen atoms in total. The number of allylic oxidation sites excluding steroid dienone is 1. The number of rotatable bonds is 6. The maximum absolute atomic E-state index is 4.95. The monoisotopic (exact) mass is 493 g/mol. The lowest BCUT2D eigenvalue weighted by Gasteiger charge is -2.41. The fraction of sp³-hybridized carbons (Fsp3) is 0.469. The molecule has 0 spiro atoms. The van der Waals surface area contributed by atoms with Crippen LogP contribution in [0.15, 0.2) is 72.4 Å². The third kappa shape index (κ3) is 4.42. The van der Waals surface area contributed by atoms with Gasteiger partial charge in [0.25, 0.3) is 0 Å². The Kier molecular flexibility index (Phi) is 6.14. The van der Waals surface area contributed by atoms with Crippen LogP contribution in [0, 0.1) is 12.8 Å². The van der Waals surface area contributed by atoms with E-state index in [4.69, 9.17) is 4.98 Å². The zero-order valence-electron chi connectivity index (χ0n) is 22.0. The fourth-order valence-electron chi connectivity index (χ4n) is 7.68. The summed E-state index contributed by atoms with van der Waals surface area (Å²) in [6.45, 7) is 8.77. The highest BCUT2D eigenvalue weighted by Crippen LogP contribution is 2.44. The zero-order valence-corrected chi connectivity index (χ0v) is 22.0. The molecule has 4 atom stereocenters. The Balaban J connectivity index is 1.09. The summed E-state index contributed by atoms with van der Waals surface area (Å²) in [7, 11) is 0. The van der Waals surface area contributed by atoms with Gasteiger partial charge in [0.05, 0.1) is 5.69 Å². The van der Waals surface area contributed by atoms with Crippen LogP contribution in [0.5, 0.6) is 0 Å². The molecule has 5 heterocycles. The van der Waals surface area contributed by atoms with Crippen molar-refractivity contribution in [1.29, 1.82) is 0 Å². The lowest BCUT2D eigenvalue weighted by molar-refractivity contribution is 0.156. The molecule has 0 saturated carbocycles. The van der Waals surface area contributed by atoms with E-state index in [-0.39, 0.29) is 0 Å². The molecule has 7 rings (SSSR count). The van der Waals surface area contributed by atoms with Crippen LogP contribution in [-0.4, -0.2) is 51.6 Å². The van der Waals surface area contributed by atoms with Gasteiger partial charge in [-0.1, -0.05) is 66.7 Å². The lowest BCUT2D eigenvalue weighted by Crippen LogP contribution is -2.42. The molecule has 2 fully saturated rings. The number of aryl methyl sites for hydroxylation is 1. The summed E-state index contributed by atoms with van der Waals surface area (Å²) in [5.74, 6) is 2.46. The average molecular weight is 494 g/mol. The smallest absolute Gasteiger partial charge is 0.106 e. The topological polar surface area (TPSA) is 36.3 Å². The van der Waals surface area contributed by atoms with E-state index >= 15 is 0 Å². The van der Waals surface area contributed by atoms with Gasteiger partial charge in [0, 0.05) is 81.5 Å². The molecular weight excluding hydrogens is 454 g/mol. The lowest BCUT2D eigenvalue weighted by atomic mass is 9.87. The summed E-state index contributed by atoms with van der Waals surface area (Å²) in [6.07, 6.45) is 7.27. The molecule has 0 radical (unpaired) electrons. The summed E-state index contributed by atoms with van der Waals surface area (Å²) in [4.78, 5) is 10.4. The SMILES string of the molecule is Cc1nc2c(n1C1CC3=CC[C@H](C1)N3C[C@H]1CN(Cc3ccccc3)C[C@@H]1c1ccccc1)CCNC2. The Morgan fingerprint density at radius 2 is 1.78 bits per heavy atom. The number of fused-ring (bicyclic) bond motifs is 3. The van der Waals surface area contributed by atoms with E-state index in [9.17, 15) is 0 Å². The van der Waals surface area contributed by atoms with Crippen LogP contribution in [0.25, 0.3) is 0 Å². The zero-order chi connectivity index (χ0) is 24.8. The predicted octanol–water partition coefficient (Wildman–Crippen LogP) is 5.05. The van der Waals surface area contributed by atoms with Crippen molar-refractivity contribution in [1.82, 2.24) is 24.7 Å². The van der Waals surface area contributed by atoms with Crippen LogP contribution in [0.4, 0.5) is 0 Å². The molecule has 1 unspecified atom stereocenters. The second-order valence-electron chi connectivity index (χ2n) is 11.6. The van der Waals surface area contributed by atoms with E-state index in [1.54, 1.807) is 5.70 Å². The number of likely N-dealkylation sites (tertiary alicyclic amines) is 1. The first-order valence-electron chi connectivity index (χ1n) is 14.3. The molecule has 1 N–H and O–H groups in total. The van der Waals surface area contributed by atoms with Crippen LogP contribution in [0.2, 0.25) is 0 Å². The van der Waals surface area contributed by atoms with E-state index in [0.717, 1.165) is 39.0 Å². The average Bonchev–Trinajstić information content (AvgIpc) is 3.55. The van der Waals surface area contributed by atoms with Gasteiger partial charge in [0.1, 0.15) is 5.82 Å². The van der Waals surface area contributed by atoms with Gasteiger partial charge in [0.15, 0.2) is 0 Å². The number of hydrogen-bond donors (Lipinski definition) is 1. The molecule has 0 aliphatic carbocycles. The maximum atomic E-state index is 4.95. The summed E-state index contributed by atoms with van der Waals surface area (Å²) >= 11 is 0. The van der Waals surface area contributed by atoms with E-state index in [2.05, 4.69) is 93.3 Å². The van der Waals surface area contributed by atoms with Crippen LogP contribution < -0.4 is 5.32 Å². The third-order valence-corrected chi connectivity index (χ3v) is 9.31. The first kappa shape index (κ1) is 23.2. The van der Waals surface area contributed by atoms with Gasteiger partial charge in [-0.3, -0.25) is 4.90 Å². The molecule has 3 aromatic rings. The Bertz CT molecular complexity index is 1260. The summed E-state index contributed by atoms with van der Waals surface area (Å²) in [5.41, 5.74) is 7.29. The van der Waals surface area contributed by atoms with Crippen molar-refractivity contribution in [2.75, 3.05) is 26.2 Å². The van der Waals surface area contributed by atoms with E-state index in [1.165, 1.54) is 54.3 Å². The minimum absolute atomic E-state index is 0.562. The maximum Gasteiger partial charge on any atom is 0.106 e. The van der Waals surface area contributed by atoms with Crippen LogP contribution in [0.1, 0.15) is 59.6 Å². The predicted molar refractivity (Wildman–Crippen MR) is 148 cm³/mol. The molecule has 1 aromatic heterocycles. The molecule has 2 aromatic carbocycles. The number of nitrogens with zero attached hydrogens (tertiary/aromatic N) is 4. The Morgan fingerprint density at radius 1 is 0.973 bits per heavy atom. The third-order valence-electron chi connectivity index (χ3n) is 9.31. The normalized spacial score (nSPS) is 27.4. The van der Waals surface area contributed by atoms with Crippen molar-refractivity contribution in [2.24, 2.45) is 5.92 Å². The van der Waals surface area contributed by atoms with Crippen molar-refractivity contribution >= 4 is 0 Å². The first-order chi connectivity index (χ1) is 18.2. The van der Waals surface area contributed by atoms with Gasteiger partial charge in [-0.15, -0.1) is 0 Å². The quantitative estimate of drug-likeness (QED) is 0.522. The van der Waals surface area contributed by atoms with Gasteiger partial charge in [-0.25, -0.2) is 4.98 Å². The summed E-state index contributed by atoms with van der Waals surface area (Å²) < 4.78 is 2.61. The number of imidazole rings is 1. The second-order valence-corrected chi connectivity index (χ2v) is 11.6. The van der Waals surface area contributed by atoms with E-state index in [1.807, 2.05) is 0 Å². The van der Waals surface area contributed by atoms with Gasteiger partial charge >= 0.3 is 0 Å². The van der Waals surface area contributed by atoms with Crippen LogP contribution in [-0.2, 0) is 19.5 Å². The number of piperidine rings is 1. The van der Waals surface area contributed by atoms with Gasteiger partial charge < -0.3 is 14.8 Å². The number of hydrogen-bond acceptors (Lipinski definition) is 4. The van der Waals surface area contributed by atoms with E-state index < -0.39 is 0 Å². The molecule has 192 valence electrons. The molecule has 2 bridgehead atoms. The summed E-state index contributed by atoms with van der Waals surface area (Å²) in [6, 6.07) is 23.5. The van der Waals surface area contributed by atoms with Gasteiger partial charge in [-0.2, -0.15) is 0 Å². The van der Waals surface area contributed by atoms with Gasteiger partial charge in [0.2, 0.25) is 0 Å². The second kappa shape index (κ2) is 9.77. The van der Waals surface area contributed by atoms with Crippen molar-refractivity contribution in [3.63, 3.8) is 0 Å². The highest BCUT2D eigenvalue weighted by molar-refractivity contribution is 5.27. The van der Waals surface area contributed by atoms with Crippen molar-refractivity contribution < 1.29 is 0 Å². The van der Waals surface area contributed by atoms with Crippen molar-refractivity contribution in [2.45, 2.75) is 63.7 Å². The Labute approximate surface area is 221 Å². The number of aromatic nitrogens is 2. The number of benzene rings is 2. The largest absolute Gasteiger partial charge is 0.371 e. The summed E-state index contributed by atoms with van der Waals surface area (Å²) in [5, 5.41) is 3.50. The molecular formula is C32H39N5. The molecule has 2 saturated heterocycles. The first-order valence-corrected chi connectivity index (χ1v) is 14.3. The Morgan fingerprint density at radius 3 is 2.59 bits per heavy atom. The fourth-order valence-corrected chi connectivity index (χ4v) is 7.68. The molecule has 4 aliphatic rings. The highest BCUT2D eigenvalue weighted by Gasteiger charge is 2.41. The van der Waals surface area contributed by atoms with Gasteiger partial charge in [-0.05, 0) is 36.8 Å². The van der Waals surface area contributed by atoms with Crippen LogP contribution in [0.3, 0.4) is 0 Å². The highest BCUT2D eigenvalue weighted by atomic mass is 15.2. The number of nitrogens with one attached hydrogen (secondary N) is 1. The molecule has 5 heteroatoms. The van der Waals surface area contributed by atoms with Crippen LogP contribution >= 0.6 is 0 Å². The molecule has 4 aliphatic heterocycles. The minimum Gasteiger partial charge on any atom is -0.371 e. The van der Waals surface area contributed by atoms with Crippen molar-refractivity contribution in [3.05, 3.63) is 101 Å². The molecule has 37 heavy (non-hydrogen) atoms.